The monoisotopic (exact) mass is 377 g/mol. The molecule has 0 aliphatic carbocycles. The zero-order valence-electron chi connectivity index (χ0n) is 12.9. The van der Waals surface area contributed by atoms with Gasteiger partial charge in [-0.1, -0.05) is 17.7 Å². The first-order chi connectivity index (χ1) is 12.4. The number of anilines is 1. The van der Waals surface area contributed by atoms with Crippen LogP contribution in [-0.2, 0) is 0 Å². The number of aromatic nitrogens is 2. The van der Waals surface area contributed by atoms with Crippen LogP contribution in [0.3, 0.4) is 0 Å². The maximum Gasteiger partial charge on any atom is 0.259 e. The minimum absolute atomic E-state index is 0.00142. The van der Waals surface area contributed by atoms with Crippen molar-refractivity contribution in [2.45, 2.75) is 0 Å². The molecule has 1 amide bonds. The molecule has 0 bridgehead atoms. The summed E-state index contributed by atoms with van der Waals surface area (Å²) in [4.78, 5) is 20.0. The number of halogens is 3. The third kappa shape index (κ3) is 3.40. The van der Waals surface area contributed by atoms with E-state index in [-0.39, 0.29) is 28.0 Å². The molecular weight excluding hydrogens is 368 g/mol. The van der Waals surface area contributed by atoms with E-state index < -0.39 is 23.1 Å². The van der Waals surface area contributed by atoms with Gasteiger partial charge in [-0.15, -0.1) is 0 Å². The number of hydrogen-bond acceptors (Lipinski definition) is 5. The summed E-state index contributed by atoms with van der Waals surface area (Å²) in [6, 6.07) is 5.60. The lowest BCUT2D eigenvalue weighted by molar-refractivity contribution is 0.102. The van der Waals surface area contributed by atoms with Crippen molar-refractivity contribution in [1.29, 1.82) is 0 Å². The highest BCUT2D eigenvalue weighted by atomic mass is 35.5. The summed E-state index contributed by atoms with van der Waals surface area (Å²) < 4.78 is 26.8. The quantitative estimate of drug-likeness (QED) is 0.604. The lowest BCUT2D eigenvalue weighted by Crippen LogP contribution is -2.15. The van der Waals surface area contributed by atoms with E-state index in [4.69, 9.17) is 11.6 Å². The number of rotatable bonds is 3. The Morgan fingerprint density at radius 1 is 1.08 bits per heavy atom. The highest BCUT2D eigenvalue weighted by Gasteiger charge is 2.16. The topological polar surface area (TPSA) is 95.3 Å². The highest BCUT2D eigenvalue weighted by Crippen LogP contribution is 2.36. The molecule has 0 atom stereocenters. The fourth-order valence-corrected chi connectivity index (χ4v) is 2.40. The fraction of sp³-hybridized carbons (Fsp3) is 0. The maximum atomic E-state index is 13.6. The highest BCUT2D eigenvalue weighted by molar-refractivity contribution is 6.33. The Balaban J connectivity index is 1.83. The van der Waals surface area contributed by atoms with Gasteiger partial charge < -0.3 is 15.5 Å². The van der Waals surface area contributed by atoms with Gasteiger partial charge in [0.15, 0.2) is 29.0 Å². The van der Waals surface area contributed by atoms with Gasteiger partial charge in [0, 0.05) is 11.6 Å². The van der Waals surface area contributed by atoms with Crippen LogP contribution >= 0.6 is 11.6 Å². The van der Waals surface area contributed by atoms with Gasteiger partial charge in [-0.2, -0.15) is 0 Å². The van der Waals surface area contributed by atoms with E-state index in [1.807, 2.05) is 0 Å². The summed E-state index contributed by atoms with van der Waals surface area (Å²) in [5.41, 5.74) is 0.103. The number of amides is 1. The maximum absolute atomic E-state index is 13.6. The van der Waals surface area contributed by atoms with Crippen molar-refractivity contribution in [2.75, 3.05) is 5.32 Å². The predicted octanol–water partition coefficient (Wildman–Crippen LogP) is 3.74. The van der Waals surface area contributed by atoms with E-state index in [1.165, 1.54) is 24.5 Å². The third-order valence-corrected chi connectivity index (χ3v) is 3.74. The second-order valence-electron chi connectivity index (χ2n) is 5.16. The molecule has 0 saturated heterocycles. The van der Waals surface area contributed by atoms with Crippen LogP contribution in [0, 0.1) is 11.6 Å². The first-order valence-corrected chi connectivity index (χ1v) is 7.54. The Morgan fingerprint density at radius 2 is 1.81 bits per heavy atom. The Labute approximate surface area is 150 Å². The lowest BCUT2D eigenvalue weighted by atomic mass is 10.1. The number of benzene rings is 2. The van der Waals surface area contributed by atoms with Gasteiger partial charge in [-0.05, 0) is 18.2 Å². The molecule has 3 rings (SSSR count). The minimum Gasteiger partial charge on any atom is -0.504 e. The normalized spacial score (nSPS) is 10.6. The van der Waals surface area contributed by atoms with Crippen molar-refractivity contribution in [1.82, 2.24) is 9.97 Å². The molecule has 132 valence electrons. The van der Waals surface area contributed by atoms with Crippen LogP contribution in [0.15, 0.2) is 42.7 Å². The molecule has 3 N–H and O–H groups in total. The Hall–Kier alpha value is -3.26. The van der Waals surface area contributed by atoms with Crippen LogP contribution in [0.2, 0.25) is 5.02 Å². The van der Waals surface area contributed by atoms with E-state index in [0.29, 0.717) is 5.56 Å². The zero-order chi connectivity index (χ0) is 18.8. The Kier molecular flexibility index (Phi) is 4.68. The number of phenolic OH excluding ortho intramolecular Hbond substituents is 2. The van der Waals surface area contributed by atoms with Crippen molar-refractivity contribution in [3.63, 3.8) is 0 Å². The van der Waals surface area contributed by atoms with Crippen LogP contribution in [0.25, 0.3) is 11.3 Å². The number of hydrogen-bond donors (Lipinski definition) is 3. The van der Waals surface area contributed by atoms with E-state index in [2.05, 4.69) is 15.3 Å². The van der Waals surface area contributed by atoms with Crippen LogP contribution in [0.4, 0.5) is 14.6 Å². The van der Waals surface area contributed by atoms with Gasteiger partial charge >= 0.3 is 0 Å². The van der Waals surface area contributed by atoms with E-state index >= 15 is 0 Å². The van der Waals surface area contributed by atoms with Crippen LogP contribution < -0.4 is 5.32 Å². The predicted molar refractivity (Wildman–Crippen MR) is 90.1 cm³/mol. The second kappa shape index (κ2) is 6.93. The van der Waals surface area contributed by atoms with Gasteiger partial charge in [0.25, 0.3) is 5.91 Å². The molecule has 26 heavy (non-hydrogen) atoms. The molecule has 3 aromatic rings. The van der Waals surface area contributed by atoms with Crippen LogP contribution in [0.1, 0.15) is 10.4 Å². The van der Waals surface area contributed by atoms with E-state index in [9.17, 15) is 23.8 Å². The molecule has 0 radical (unpaired) electrons. The molecule has 6 nitrogen and oxygen atoms in total. The van der Waals surface area contributed by atoms with Crippen LogP contribution in [-0.4, -0.2) is 26.1 Å². The van der Waals surface area contributed by atoms with Gasteiger partial charge in [-0.25, -0.2) is 13.8 Å². The molecular formula is C17H10ClF2N3O3. The van der Waals surface area contributed by atoms with Gasteiger partial charge in [0.2, 0.25) is 0 Å². The summed E-state index contributed by atoms with van der Waals surface area (Å²) >= 11 is 5.99. The summed E-state index contributed by atoms with van der Waals surface area (Å²) in [7, 11) is 0. The Bertz CT molecular complexity index is 997. The van der Waals surface area contributed by atoms with Crippen molar-refractivity contribution in [3.8, 4) is 22.8 Å². The number of nitrogens with one attached hydrogen (secondary N) is 1. The molecule has 0 saturated carbocycles. The average Bonchev–Trinajstić information content (AvgIpc) is 2.61. The van der Waals surface area contributed by atoms with E-state index in [0.717, 1.165) is 18.2 Å². The minimum atomic E-state index is -1.26. The SMILES string of the molecule is O=C(Nc1cnc(-c2cc(O)c(O)cc2Cl)cn1)c1cccc(F)c1F. The molecule has 1 aromatic heterocycles. The van der Waals surface area contributed by atoms with Crippen LogP contribution in [0.5, 0.6) is 11.5 Å². The molecule has 9 heteroatoms. The molecule has 0 aliphatic heterocycles. The van der Waals surface area contributed by atoms with Gasteiger partial charge in [0.1, 0.15) is 0 Å². The summed E-state index contributed by atoms with van der Waals surface area (Å²) in [5.74, 6) is -4.05. The standard InChI is InChI=1S/C17H10ClF2N3O3/c18-10-5-14(25)13(24)4-9(10)12-6-22-15(7-21-12)23-17(26)8-2-1-3-11(19)16(8)20/h1-7,24-25H,(H,22,23,26). The molecule has 1 heterocycles. The molecule has 0 spiro atoms. The van der Waals surface area contributed by atoms with Crippen molar-refractivity contribution < 1.29 is 23.8 Å². The molecule has 0 fully saturated rings. The van der Waals surface area contributed by atoms with Crippen molar-refractivity contribution in [3.05, 3.63) is 64.9 Å². The number of nitrogens with zero attached hydrogens (tertiary/aromatic N) is 2. The smallest absolute Gasteiger partial charge is 0.259 e. The number of aromatic hydroxyl groups is 2. The number of carbonyl (C=O) groups excluding carboxylic acids is 1. The van der Waals surface area contributed by atoms with Gasteiger partial charge in [-0.3, -0.25) is 9.78 Å². The second-order valence-corrected chi connectivity index (χ2v) is 5.57. The third-order valence-electron chi connectivity index (χ3n) is 3.43. The van der Waals surface area contributed by atoms with Gasteiger partial charge in [0.05, 0.1) is 28.7 Å². The number of phenols is 2. The molecule has 0 aliphatic rings. The largest absolute Gasteiger partial charge is 0.504 e. The number of carbonyl (C=O) groups is 1. The zero-order valence-corrected chi connectivity index (χ0v) is 13.6. The lowest BCUT2D eigenvalue weighted by Gasteiger charge is -2.08. The fourth-order valence-electron chi connectivity index (χ4n) is 2.14. The summed E-state index contributed by atoms with van der Waals surface area (Å²) in [6.07, 6.45) is 2.44. The van der Waals surface area contributed by atoms with E-state index in [1.54, 1.807) is 0 Å². The molecule has 0 unspecified atom stereocenters. The average molecular weight is 378 g/mol. The molecule has 2 aromatic carbocycles. The summed E-state index contributed by atoms with van der Waals surface area (Å²) in [6.45, 7) is 0. The first kappa shape index (κ1) is 17.6. The summed E-state index contributed by atoms with van der Waals surface area (Å²) in [5, 5.41) is 21.4. The Morgan fingerprint density at radius 3 is 2.50 bits per heavy atom. The van der Waals surface area contributed by atoms with Crippen molar-refractivity contribution >= 4 is 23.3 Å². The van der Waals surface area contributed by atoms with Crippen molar-refractivity contribution in [2.24, 2.45) is 0 Å². The first-order valence-electron chi connectivity index (χ1n) is 7.16.